The highest BCUT2D eigenvalue weighted by molar-refractivity contribution is 6.04. The summed E-state index contributed by atoms with van der Waals surface area (Å²) in [4.78, 5) is 27.6. The molecule has 4 rings (SSSR count). The first-order chi connectivity index (χ1) is 16.3. The second-order valence-corrected chi connectivity index (χ2v) is 8.51. The van der Waals surface area contributed by atoms with Gasteiger partial charge in [0.25, 0.3) is 5.91 Å². The van der Waals surface area contributed by atoms with E-state index < -0.39 is 17.7 Å². The zero-order valence-electron chi connectivity index (χ0n) is 19.0. The molecule has 6 nitrogen and oxygen atoms in total. The highest BCUT2D eigenvalue weighted by atomic mass is 19.2. The van der Waals surface area contributed by atoms with Crippen LogP contribution in [0.1, 0.15) is 35.3 Å². The van der Waals surface area contributed by atoms with Crippen molar-refractivity contribution in [2.75, 3.05) is 22.1 Å². The number of carbonyl (C=O) groups is 2. The van der Waals surface area contributed by atoms with Crippen molar-refractivity contribution >= 4 is 29.0 Å². The number of urea groups is 1. The fraction of sp³-hybridized carbons (Fsp3) is 0.231. The third-order valence-electron chi connectivity index (χ3n) is 5.57. The van der Waals surface area contributed by atoms with Crippen molar-refractivity contribution in [1.82, 2.24) is 5.32 Å². The summed E-state index contributed by atoms with van der Waals surface area (Å²) in [5, 5.41) is 8.03. The molecular weight excluding hydrogens is 438 g/mol. The van der Waals surface area contributed by atoms with Crippen molar-refractivity contribution in [2.24, 2.45) is 0 Å². The topological polar surface area (TPSA) is 73.5 Å². The molecule has 34 heavy (non-hydrogen) atoms. The Morgan fingerprint density at radius 1 is 0.882 bits per heavy atom. The molecule has 176 valence electrons. The lowest BCUT2D eigenvalue weighted by atomic mass is 9.98. The Morgan fingerprint density at radius 3 is 2.26 bits per heavy atom. The maximum absolute atomic E-state index is 13.4. The van der Waals surface area contributed by atoms with Crippen LogP contribution in [-0.4, -0.2) is 24.5 Å². The first kappa shape index (κ1) is 23.2. The summed E-state index contributed by atoms with van der Waals surface area (Å²) in [5.74, 6) is -2.30. The van der Waals surface area contributed by atoms with Gasteiger partial charge in [-0.15, -0.1) is 0 Å². The number of hydrogen-bond donors (Lipinski definition) is 3. The minimum Gasteiger partial charge on any atom is -0.366 e. The predicted octanol–water partition coefficient (Wildman–Crippen LogP) is 5.31. The van der Waals surface area contributed by atoms with Crippen LogP contribution in [0.25, 0.3) is 0 Å². The summed E-state index contributed by atoms with van der Waals surface area (Å²) in [6.45, 7) is 5.21. The molecule has 0 saturated heterocycles. The number of hydrogen-bond acceptors (Lipinski definition) is 3. The summed E-state index contributed by atoms with van der Waals surface area (Å²) in [6, 6.07) is 15.8. The Bertz CT molecular complexity index is 1230. The lowest BCUT2D eigenvalue weighted by Gasteiger charge is -2.32. The van der Waals surface area contributed by atoms with E-state index in [1.54, 1.807) is 12.1 Å². The molecular formula is C26H26F2N4O2. The van der Waals surface area contributed by atoms with E-state index in [4.69, 9.17) is 0 Å². The number of fused-ring (bicyclic) bond motifs is 1. The van der Waals surface area contributed by atoms with E-state index in [9.17, 15) is 18.4 Å². The van der Waals surface area contributed by atoms with Gasteiger partial charge in [0.05, 0.1) is 5.56 Å². The molecule has 3 aromatic carbocycles. The van der Waals surface area contributed by atoms with E-state index in [1.165, 1.54) is 17.2 Å². The Labute approximate surface area is 197 Å². The molecule has 3 amide bonds. The zero-order valence-corrected chi connectivity index (χ0v) is 19.0. The van der Waals surface area contributed by atoms with E-state index in [-0.39, 0.29) is 17.6 Å². The minimum absolute atomic E-state index is 0.0595. The molecule has 1 aliphatic heterocycles. The van der Waals surface area contributed by atoms with Gasteiger partial charge in [-0.25, -0.2) is 13.6 Å². The second kappa shape index (κ2) is 9.91. The smallest absolute Gasteiger partial charge is 0.323 e. The minimum atomic E-state index is -1.06. The Balaban J connectivity index is 1.57. The number of nitrogens with one attached hydrogen (secondary N) is 3. The van der Waals surface area contributed by atoms with Crippen molar-refractivity contribution in [3.05, 3.63) is 89.0 Å². The number of nitrogens with zero attached hydrogens (tertiary/aromatic N) is 1. The Morgan fingerprint density at radius 2 is 1.56 bits per heavy atom. The normalized spacial score (nSPS) is 12.8. The summed E-state index contributed by atoms with van der Waals surface area (Å²) in [7, 11) is 0. The number of carbonyl (C=O) groups excluding carboxylic acids is 2. The summed E-state index contributed by atoms with van der Waals surface area (Å²) in [6.07, 6.45) is 0.873. The van der Waals surface area contributed by atoms with Gasteiger partial charge in [0.2, 0.25) is 0 Å². The van der Waals surface area contributed by atoms with Crippen LogP contribution in [-0.2, 0) is 13.0 Å². The van der Waals surface area contributed by atoms with Gasteiger partial charge in [-0.2, -0.15) is 0 Å². The number of rotatable bonds is 5. The maximum Gasteiger partial charge on any atom is 0.323 e. The highest BCUT2D eigenvalue weighted by Gasteiger charge is 2.22. The average Bonchev–Trinajstić information content (AvgIpc) is 2.80. The van der Waals surface area contributed by atoms with Gasteiger partial charge in [0.15, 0.2) is 11.6 Å². The van der Waals surface area contributed by atoms with Crippen molar-refractivity contribution < 1.29 is 18.4 Å². The van der Waals surface area contributed by atoms with Crippen LogP contribution in [0.2, 0.25) is 0 Å². The Kier molecular flexibility index (Phi) is 6.77. The van der Waals surface area contributed by atoms with Gasteiger partial charge in [0.1, 0.15) is 0 Å². The standard InChI is InChI=1S/C26H26F2N4O2/c1-16(2)29-25(33)21-13-19(30-26(34)31-20-7-9-22(27)23(28)14-20)8-10-24(21)32-12-11-17-5-3-4-6-18(17)15-32/h3-10,13-14,16H,11-12,15H2,1-2H3,(H,29,33)(H2,30,31,34). The first-order valence-electron chi connectivity index (χ1n) is 11.1. The molecule has 1 heterocycles. The first-order valence-corrected chi connectivity index (χ1v) is 11.1. The lowest BCUT2D eigenvalue weighted by molar-refractivity contribution is 0.0943. The molecule has 0 saturated carbocycles. The van der Waals surface area contributed by atoms with Crippen LogP contribution in [0.4, 0.5) is 30.6 Å². The van der Waals surface area contributed by atoms with Crippen molar-refractivity contribution in [1.29, 1.82) is 0 Å². The quantitative estimate of drug-likeness (QED) is 0.479. The predicted molar refractivity (Wildman–Crippen MR) is 129 cm³/mol. The van der Waals surface area contributed by atoms with Gasteiger partial charge in [-0.1, -0.05) is 24.3 Å². The summed E-state index contributed by atoms with van der Waals surface area (Å²) in [5.41, 5.74) is 4.25. The molecule has 0 bridgehead atoms. The molecule has 3 N–H and O–H groups in total. The fourth-order valence-corrected chi connectivity index (χ4v) is 3.98. The van der Waals surface area contributed by atoms with Gasteiger partial charge >= 0.3 is 6.03 Å². The SMILES string of the molecule is CC(C)NC(=O)c1cc(NC(=O)Nc2ccc(F)c(F)c2)ccc1N1CCc2ccccc2C1. The third-order valence-corrected chi connectivity index (χ3v) is 5.57. The van der Waals surface area contributed by atoms with Crippen molar-refractivity contribution in [3.8, 4) is 0 Å². The van der Waals surface area contributed by atoms with Gasteiger partial charge < -0.3 is 20.9 Å². The summed E-state index contributed by atoms with van der Waals surface area (Å²) >= 11 is 0. The molecule has 0 unspecified atom stereocenters. The molecule has 8 heteroatoms. The number of benzene rings is 3. The van der Waals surface area contributed by atoms with Crippen molar-refractivity contribution in [2.45, 2.75) is 32.9 Å². The van der Waals surface area contributed by atoms with Crippen LogP contribution in [0, 0.1) is 11.6 Å². The van der Waals surface area contributed by atoms with Crippen LogP contribution < -0.4 is 20.9 Å². The van der Waals surface area contributed by atoms with Gasteiger partial charge in [-0.3, -0.25) is 4.79 Å². The number of halogens is 2. The molecule has 0 aromatic heterocycles. The van der Waals surface area contributed by atoms with E-state index in [2.05, 4.69) is 33.0 Å². The van der Waals surface area contributed by atoms with E-state index in [1.807, 2.05) is 32.0 Å². The van der Waals surface area contributed by atoms with Crippen LogP contribution >= 0.6 is 0 Å². The molecule has 0 aliphatic carbocycles. The molecule has 0 fully saturated rings. The number of anilines is 3. The van der Waals surface area contributed by atoms with E-state index >= 15 is 0 Å². The monoisotopic (exact) mass is 464 g/mol. The van der Waals surface area contributed by atoms with Gasteiger partial charge in [0, 0.05) is 42.3 Å². The third kappa shape index (κ3) is 5.33. The largest absolute Gasteiger partial charge is 0.366 e. The second-order valence-electron chi connectivity index (χ2n) is 8.51. The molecule has 0 radical (unpaired) electrons. The van der Waals surface area contributed by atoms with Crippen LogP contribution in [0.5, 0.6) is 0 Å². The molecule has 3 aromatic rings. The Hall–Kier alpha value is -3.94. The van der Waals surface area contributed by atoms with E-state index in [0.717, 1.165) is 30.8 Å². The molecule has 0 atom stereocenters. The molecule has 1 aliphatic rings. The maximum atomic E-state index is 13.4. The fourth-order valence-electron chi connectivity index (χ4n) is 3.98. The van der Waals surface area contributed by atoms with Crippen molar-refractivity contribution in [3.63, 3.8) is 0 Å². The van der Waals surface area contributed by atoms with E-state index in [0.29, 0.717) is 17.8 Å². The lowest BCUT2D eigenvalue weighted by Crippen LogP contribution is -2.35. The highest BCUT2D eigenvalue weighted by Crippen LogP contribution is 2.30. The van der Waals surface area contributed by atoms with Crippen LogP contribution in [0.3, 0.4) is 0 Å². The molecule has 0 spiro atoms. The average molecular weight is 465 g/mol. The van der Waals surface area contributed by atoms with Gasteiger partial charge in [-0.05, 0) is 61.7 Å². The van der Waals surface area contributed by atoms with Crippen LogP contribution in [0.15, 0.2) is 60.7 Å². The summed E-state index contributed by atoms with van der Waals surface area (Å²) < 4.78 is 26.5. The zero-order chi connectivity index (χ0) is 24.2. The number of amides is 3.